The van der Waals surface area contributed by atoms with Crippen LogP contribution in [0.3, 0.4) is 0 Å². The third-order valence-electron chi connectivity index (χ3n) is 6.11. The van der Waals surface area contributed by atoms with Gasteiger partial charge >= 0.3 is 0 Å². The summed E-state index contributed by atoms with van der Waals surface area (Å²) in [5.74, 6) is 2.39. The Kier molecular flexibility index (Phi) is 4.40. The minimum atomic E-state index is -0.182. The molecule has 144 valence electrons. The lowest BCUT2D eigenvalue weighted by Gasteiger charge is -2.32. The Morgan fingerprint density at radius 1 is 1.18 bits per heavy atom. The monoisotopic (exact) mass is 375 g/mol. The summed E-state index contributed by atoms with van der Waals surface area (Å²) in [5, 5.41) is 8.43. The lowest BCUT2D eigenvalue weighted by Crippen LogP contribution is -2.33. The first kappa shape index (κ1) is 17.4. The van der Waals surface area contributed by atoms with Gasteiger partial charge in [0.15, 0.2) is 0 Å². The standard InChI is InChI=1S/C23H25N3O2/c1-2-4-15-9-11-26(12-10-15)14-16-7-8-19-18(13-16)22-21-17(23(27)25-24-22)5-3-6-20(21)28-19/h3,5-8,13,15H,2,4,9-12,14H2,1H3,(H,25,27). The molecule has 5 rings (SSSR count). The van der Waals surface area contributed by atoms with Crippen molar-refractivity contribution in [1.82, 2.24) is 15.1 Å². The molecule has 0 spiro atoms. The molecular formula is C23H25N3O2. The van der Waals surface area contributed by atoms with Crippen molar-refractivity contribution in [3.05, 3.63) is 52.3 Å². The number of H-pyrrole nitrogens is 1. The van der Waals surface area contributed by atoms with Crippen LogP contribution in [0.2, 0.25) is 0 Å². The molecule has 0 bridgehead atoms. The van der Waals surface area contributed by atoms with E-state index in [2.05, 4.69) is 34.2 Å². The second kappa shape index (κ2) is 7.06. The normalized spacial score (nSPS) is 16.8. The van der Waals surface area contributed by atoms with E-state index >= 15 is 0 Å². The van der Waals surface area contributed by atoms with Gasteiger partial charge in [0.1, 0.15) is 17.2 Å². The van der Waals surface area contributed by atoms with Crippen LogP contribution in [-0.4, -0.2) is 28.2 Å². The molecule has 0 saturated carbocycles. The van der Waals surface area contributed by atoms with Crippen molar-refractivity contribution in [3.8, 4) is 22.8 Å². The summed E-state index contributed by atoms with van der Waals surface area (Å²) in [7, 11) is 0. The summed E-state index contributed by atoms with van der Waals surface area (Å²) in [6.07, 6.45) is 5.25. The Labute approximate surface area is 164 Å². The largest absolute Gasteiger partial charge is 0.456 e. The van der Waals surface area contributed by atoms with Crippen LogP contribution >= 0.6 is 0 Å². The molecule has 0 atom stereocenters. The maximum atomic E-state index is 12.2. The number of aromatic nitrogens is 2. The maximum absolute atomic E-state index is 12.2. The highest BCUT2D eigenvalue weighted by Crippen LogP contribution is 2.44. The van der Waals surface area contributed by atoms with Crippen molar-refractivity contribution in [2.45, 2.75) is 39.2 Å². The molecule has 3 aromatic rings. The van der Waals surface area contributed by atoms with Crippen molar-refractivity contribution >= 4 is 10.8 Å². The second-order valence-corrected chi connectivity index (χ2v) is 8.02. The summed E-state index contributed by atoms with van der Waals surface area (Å²) in [4.78, 5) is 14.7. The van der Waals surface area contributed by atoms with Crippen molar-refractivity contribution in [2.24, 2.45) is 5.92 Å². The molecule has 2 aromatic carbocycles. The number of rotatable bonds is 4. The molecule has 1 saturated heterocycles. The van der Waals surface area contributed by atoms with E-state index in [-0.39, 0.29) is 5.56 Å². The fourth-order valence-corrected chi connectivity index (χ4v) is 4.64. The molecule has 5 heteroatoms. The van der Waals surface area contributed by atoms with Crippen LogP contribution < -0.4 is 10.3 Å². The first-order valence-corrected chi connectivity index (χ1v) is 10.3. The van der Waals surface area contributed by atoms with Gasteiger partial charge in [-0.1, -0.05) is 31.9 Å². The summed E-state index contributed by atoms with van der Waals surface area (Å²) >= 11 is 0. The number of likely N-dealkylation sites (tertiary alicyclic amines) is 1. The molecular weight excluding hydrogens is 350 g/mol. The van der Waals surface area contributed by atoms with Crippen LogP contribution in [0.25, 0.3) is 22.0 Å². The minimum Gasteiger partial charge on any atom is -0.456 e. The molecule has 1 N–H and O–H groups in total. The minimum absolute atomic E-state index is 0.182. The summed E-state index contributed by atoms with van der Waals surface area (Å²) in [6.45, 7) is 5.56. The highest BCUT2D eigenvalue weighted by molar-refractivity contribution is 6.01. The number of ether oxygens (including phenoxy) is 1. The Bertz CT molecular complexity index is 1080. The molecule has 0 unspecified atom stereocenters. The zero-order valence-corrected chi connectivity index (χ0v) is 16.2. The molecule has 28 heavy (non-hydrogen) atoms. The van der Waals surface area contributed by atoms with E-state index in [1.807, 2.05) is 24.3 Å². The zero-order valence-electron chi connectivity index (χ0n) is 16.2. The molecule has 1 aromatic heterocycles. The van der Waals surface area contributed by atoms with Crippen LogP contribution in [0.1, 0.15) is 38.2 Å². The molecule has 5 nitrogen and oxygen atoms in total. The smallest absolute Gasteiger partial charge is 0.272 e. The van der Waals surface area contributed by atoms with Crippen molar-refractivity contribution in [1.29, 1.82) is 0 Å². The Morgan fingerprint density at radius 3 is 2.86 bits per heavy atom. The van der Waals surface area contributed by atoms with Gasteiger partial charge in [0.05, 0.1) is 10.8 Å². The Morgan fingerprint density at radius 2 is 2.04 bits per heavy atom. The quantitative estimate of drug-likeness (QED) is 0.561. The van der Waals surface area contributed by atoms with Gasteiger partial charge in [-0.05, 0) is 61.7 Å². The van der Waals surface area contributed by atoms with E-state index < -0.39 is 0 Å². The molecule has 0 amide bonds. The van der Waals surface area contributed by atoms with Gasteiger partial charge in [0, 0.05) is 12.1 Å². The van der Waals surface area contributed by atoms with E-state index in [0.29, 0.717) is 11.1 Å². The number of hydrogen-bond acceptors (Lipinski definition) is 4. The van der Waals surface area contributed by atoms with Crippen LogP contribution in [0, 0.1) is 5.92 Å². The summed E-state index contributed by atoms with van der Waals surface area (Å²) in [6, 6.07) is 11.9. The van der Waals surface area contributed by atoms with Gasteiger partial charge < -0.3 is 4.74 Å². The third kappa shape index (κ3) is 3.00. The molecule has 2 aliphatic rings. The highest BCUT2D eigenvalue weighted by Gasteiger charge is 2.24. The maximum Gasteiger partial charge on any atom is 0.272 e. The van der Waals surface area contributed by atoms with Crippen molar-refractivity contribution in [2.75, 3.05) is 13.1 Å². The molecule has 2 aliphatic heterocycles. The Hall–Kier alpha value is -2.66. The predicted octanol–water partition coefficient (Wildman–Crippen LogP) is 4.71. The topological polar surface area (TPSA) is 58.2 Å². The third-order valence-corrected chi connectivity index (χ3v) is 6.11. The van der Waals surface area contributed by atoms with Gasteiger partial charge in [-0.25, -0.2) is 5.10 Å². The van der Waals surface area contributed by atoms with Crippen molar-refractivity contribution < 1.29 is 4.74 Å². The lowest BCUT2D eigenvalue weighted by molar-refractivity contribution is 0.172. The van der Waals surface area contributed by atoms with Gasteiger partial charge in [0.25, 0.3) is 5.56 Å². The SMILES string of the molecule is CCCC1CCN(Cc2ccc3c(c2)-c2n[nH]c(=O)c4cccc(c24)O3)CC1. The average molecular weight is 375 g/mol. The first-order chi connectivity index (χ1) is 13.7. The van der Waals surface area contributed by atoms with Gasteiger partial charge in [-0.2, -0.15) is 5.10 Å². The fraction of sp³-hybridized carbons (Fsp3) is 0.391. The van der Waals surface area contributed by atoms with E-state index in [0.717, 1.165) is 34.9 Å². The molecule has 0 aliphatic carbocycles. The van der Waals surface area contributed by atoms with Crippen LogP contribution in [0.4, 0.5) is 0 Å². The predicted molar refractivity (Wildman–Crippen MR) is 111 cm³/mol. The number of piperidine rings is 1. The number of nitrogens with one attached hydrogen (secondary N) is 1. The second-order valence-electron chi connectivity index (χ2n) is 8.02. The van der Waals surface area contributed by atoms with Crippen LogP contribution in [0.15, 0.2) is 41.2 Å². The molecule has 1 fully saturated rings. The number of benzene rings is 2. The number of fused-ring (bicyclic) bond motifs is 2. The summed E-state index contributed by atoms with van der Waals surface area (Å²) < 4.78 is 6.08. The lowest BCUT2D eigenvalue weighted by atomic mass is 9.92. The Balaban J connectivity index is 1.45. The number of aromatic amines is 1. The van der Waals surface area contributed by atoms with Gasteiger partial charge in [0.2, 0.25) is 0 Å². The number of nitrogens with zero attached hydrogens (tertiary/aromatic N) is 2. The van der Waals surface area contributed by atoms with Crippen LogP contribution in [0.5, 0.6) is 11.5 Å². The number of hydrogen-bond donors (Lipinski definition) is 1. The molecule has 0 radical (unpaired) electrons. The highest BCUT2D eigenvalue weighted by atomic mass is 16.5. The van der Waals surface area contributed by atoms with Crippen LogP contribution in [-0.2, 0) is 6.54 Å². The fourth-order valence-electron chi connectivity index (χ4n) is 4.64. The van der Waals surface area contributed by atoms with E-state index in [4.69, 9.17) is 4.74 Å². The first-order valence-electron chi connectivity index (χ1n) is 10.3. The van der Waals surface area contributed by atoms with Crippen molar-refractivity contribution in [3.63, 3.8) is 0 Å². The van der Waals surface area contributed by atoms with Gasteiger partial charge in [-0.15, -0.1) is 0 Å². The zero-order chi connectivity index (χ0) is 19.1. The van der Waals surface area contributed by atoms with E-state index in [1.165, 1.54) is 44.3 Å². The summed E-state index contributed by atoms with van der Waals surface area (Å²) in [5.41, 5.74) is 2.84. The van der Waals surface area contributed by atoms with E-state index in [1.54, 1.807) is 0 Å². The molecule has 3 heterocycles. The average Bonchev–Trinajstić information content (AvgIpc) is 2.72. The van der Waals surface area contributed by atoms with Gasteiger partial charge in [-0.3, -0.25) is 9.69 Å². The van der Waals surface area contributed by atoms with E-state index in [9.17, 15) is 4.79 Å².